The average Bonchev–Trinajstić information content (AvgIpc) is 2.38. The molecule has 4 nitrogen and oxygen atoms in total. The minimum absolute atomic E-state index is 0.0231. The molecule has 1 unspecified atom stereocenters. The highest BCUT2D eigenvalue weighted by Gasteiger charge is 2.46. The SMILES string of the molecule is CCOC(=O)C(O)C(F)(F)c1ccc(Cl)c(OC)c1. The van der Waals surface area contributed by atoms with Crippen molar-refractivity contribution in [3.8, 4) is 5.75 Å². The lowest BCUT2D eigenvalue weighted by atomic mass is 10.0. The van der Waals surface area contributed by atoms with Gasteiger partial charge in [0.15, 0.2) is 0 Å². The number of aliphatic hydroxyl groups excluding tert-OH is 1. The Balaban J connectivity index is 3.08. The Bertz CT molecular complexity index is 465. The van der Waals surface area contributed by atoms with Crippen LogP contribution in [0.5, 0.6) is 5.75 Å². The van der Waals surface area contributed by atoms with Gasteiger partial charge in [0, 0.05) is 5.56 Å². The van der Waals surface area contributed by atoms with Crippen LogP contribution in [0, 0.1) is 0 Å². The van der Waals surface area contributed by atoms with Crippen molar-refractivity contribution in [3.05, 3.63) is 28.8 Å². The van der Waals surface area contributed by atoms with Gasteiger partial charge in [-0.05, 0) is 19.1 Å². The van der Waals surface area contributed by atoms with Crippen LogP contribution >= 0.6 is 11.6 Å². The van der Waals surface area contributed by atoms with Crippen LogP contribution in [0.2, 0.25) is 5.02 Å². The zero-order valence-electron chi connectivity index (χ0n) is 10.3. The molecule has 0 aliphatic carbocycles. The van der Waals surface area contributed by atoms with Crippen LogP contribution in [0.3, 0.4) is 0 Å². The molecule has 1 rings (SSSR count). The largest absolute Gasteiger partial charge is 0.495 e. The summed E-state index contributed by atoms with van der Waals surface area (Å²) in [5.41, 5.74) is -0.589. The first-order valence-electron chi connectivity index (χ1n) is 5.41. The molecule has 19 heavy (non-hydrogen) atoms. The van der Waals surface area contributed by atoms with E-state index in [1.807, 2.05) is 0 Å². The van der Waals surface area contributed by atoms with Crippen molar-refractivity contribution in [3.63, 3.8) is 0 Å². The summed E-state index contributed by atoms with van der Waals surface area (Å²) >= 11 is 5.71. The van der Waals surface area contributed by atoms with Gasteiger partial charge in [-0.25, -0.2) is 4.79 Å². The van der Waals surface area contributed by atoms with Gasteiger partial charge in [-0.1, -0.05) is 17.7 Å². The monoisotopic (exact) mass is 294 g/mol. The lowest BCUT2D eigenvalue weighted by molar-refractivity contribution is -0.178. The Morgan fingerprint density at radius 1 is 1.53 bits per heavy atom. The second-order valence-electron chi connectivity index (χ2n) is 3.63. The van der Waals surface area contributed by atoms with Crippen LogP contribution in [0.4, 0.5) is 8.78 Å². The van der Waals surface area contributed by atoms with Gasteiger partial charge in [0.2, 0.25) is 6.10 Å². The molecule has 1 atom stereocenters. The highest BCUT2D eigenvalue weighted by molar-refractivity contribution is 6.32. The molecule has 0 saturated carbocycles. The Kier molecular flexibility index (Phi) is 5.08. The van der Waals surface area contributed by atoms with E-state index in [4.69, 9.17) is 16.3 Å². The normalized spacial score (nSPS) is 12.9. The fraction of sp³-hybridized carbons (Fsp3) is 0.417. The van der Waals surface area contributed by atoms with Crippen LogP contribution < -0.4 is 4.74 Å². The molecule has 0 saturated heterocycles. The van der Waals surface area contributed by atoms with E-state index >= 15 is 0 Å². The smallest absolute Gasteiger partial charge is 0.341 e. The highest BCUT2D eigenvalue weighted by Crippen LogP contribution is 2.36. The molecule has 106 valence electrons. The Morgan fingerprint density at radius 3 is 2.68 bits per heavy atom. The first-order chi connectivity index (χ1) is 8.84. The van der Waals surface area contributed by atoms with Crippen LogP contribution in [0.15, 0.2) is 18.2 Å². The highest BCUT2D eigenvalue weighted by atomic mass is 35.5. The van der Waals surface area contributed by atoms with E-state index in [0.717, 1.165) is 12.1 Å². The fourth-order valence-electron chi connectivity index (χ4n) is 1.39. The van der Waals surface area contributed by atoms with Crippen molar-refractivity contribution in [1.29, 1.82) is 0 Å². The number of methoxy groups -OCH3 is 1. The number of rotatable bonds is 5. The maximum absolute atomic E-state index is 13.9. The van der Waals surface area contributed by atoms with Gasteiger partial charge in [-0.2, -0.15) is 8.78 Å². The molecule has 1 N–H and O–H groups in total. The summed E-state index contributed by atoms with van der Waals surface area (Å²) in [6, 6.07) is 3.17. The number of esters is 1. The minimum atomic E-state index is -3.80. The summed E-state index contributed by atoms with van der Waals surface area (Å²) in [7, 11) is 1.27. The van der Waals surface area contributed by atoms with Crippen LogP contribution in [-0.4, -0.2) is 30.9 Å². The van der Waals surface area contributed by atoms with E-state index in [-0.39, 0.29) is 17.4 Å². The summed E-state index contributed by atoms with van der Waals surface area (Å²) in [6.07, 6.45) is -2.58. The molecule has 0 aromatic heterocycles. The lowest BCUT2D eigenvalue weighted by Gasteiger charge is -2.22. The maximum Gasteiger partial charge on any atom is 0.341 e. The topological polar surface area (TPSA) is 55.8 Å². The zero-order chi connectivity index (χ0) is 14.6. The van der Waals surface area contributed by atoms with Crippen molar-refractivity contribution in [2.75, 3.05) is 13.7 Å². The van der Waals surface area contributed by atoms with Crippen LogP contribution in [0.1, 0.15) is 12.5 Å². The molecule has 0 aliphatic heterocycles. The Morgan fingerprint density at radius 2 is 2.16 bits per heavy atom. The molecule has 0 spiro atoms. The van der Waals surface area contributed by atoms with Crippen LogP contribution in [0.25, 0.3) is 0 Å². The number of alkyl halides is 2. The van der Waals surface area contributed by atoms with Gasteiger partial charge in [0.1, 0.15) is 5.75 Å². The zero-order valence-corrected chi connectivity index (χ0v) is 11.1. The number of aliphatic hydroxyl groups is 1. The standard InChI is InChI=1S/C12H13ClF2O4/c1-3-19-11(17)10(16)12(14,15)7-4-5-8(13)9(6-7)18-2/h4-6,10,16H,3H2,1-2H3. The molecule has 0 fully saturated rings. The molecule has 7 heteroatoms. The third-order valence-corrected chi connectivity index (χ3v) is 2.70. The number of hydrogen-bond acceptors (Lipinski definition) is 4. The van der Waals surface area contributed by atoms with Gasteiger partial charge in [-0.3, -0.25) is 0 Å². The molecule has 1 aromatic carbocycles. The van der Waals surface area contributed by atoms with Gasteiger partial charge in [-0.15, -0.1) is 0 Å². The number of ether oxygens (including phenoxy) is 2. The maximum atomic E-state index is 13.9. The quantitative estimate of drug-likeness (QED) is 0.847. The number of hydrogen-bond donors (Lipinski definition) is 1. The number of benzene rings is 1. The Labute approximate surface area is 113 Å². The lowest BCUT2D eigenvalue weighted by Crippen LogP contribution is -2.39. The van der Waals surface area contributed by atoms with Gasteiger partial charge >= 0.3 is 11.9 Å². The average molecular weight is 295 g/mol. The summed E-state index contributed by atoms with van der Waals surface area (Å²) in [6.45, 7) is 1.35. The van der Waals surface area contributed by atoms with Crippen molar-refractivity contribution in [2.45, 2.75) is 19.0 Å². The molecule has 0 aliphatic rings. The third kappa shape index (κ3) is 3.33. The van der Waals surface area contributed by atoms with E-state index in [2.05, 4.69) is 4.74 Å². The summed E-state index contributed by atoms with van der Waals surface area (Å²) < 4.78 is 37.0. The number of carbonyl (C=O) groups is 1. The first kappa shape index (κ1) is 15.7. The predicted octanol–water partition coefficient (Wildman–Crippen LogP) is 2.36. The van der Waals surface area contributed by atoms with Crippen molar-refractivity contribution < 1.29 is 28.2 Å². The summed E-state index contributed by atoms with van der Waals surface area (Å²) in [5, 5.41) is 9.51. The van der Waals surface area contributed by atoms with E-state index < -0.39 is 23.6 Å². The second kappa shape index (κ2) is 6.16. The first-order valence-corrected chi connectivity index (χ1v) is 5.78. The molecular weight excluding hydrogens is 282 g/mol. The molecule has 0 heterocycles. The van der Waals surface area contributed by atoms with E-state index in [9.17, 15) is 18.7 Å². The molecular formula is C12H13ClF2O4. The molecule has 1 aromatic rings. The summed E-state index contributed by atoms with van der Waals surface area (Å²) in [5.74, 6) is -5.17. The van der Waals surface area contributed by atoms with Gasteiger partial charge in [0.25, 0.3) is 0 Å². The van der Waals surface area contributed by atoms with Gasteiger partial charge < -0.3 is 14.6 Å². The fourth-order valence-corrected chi connectivity index (χ4v) is 1.59. The summed E-state index contributed by atoms with van der Waals surface area (Å²) in [4.78, 5) is 11.2. The van der Waals surface area contributed by atoms with E-state index in [1.165, 1.54) is 20.1 Å². The van der Waals surface area contributed by atoms with E-state index in [0.29, 0.717) is 0 Å². The molecule has 0 radical (unpaired) electrons. The number of halogens is 3. The second-order valence-corrected chi connectivity index (χ2v) is 4.03. The minimum Gasteiger partial charge on any atom is -0.495 e. The van der Waals surface area contributed by atoms with Crippen LogP contribution in [-0.2, 0) is 15.5 Å². The van der Waals surface area contributed by atoms with Crippen molar-refractivity contribution in [1.82, 2.24) is 0 Å². The van der Waals surface area contributed by atoms with Crippen molar-refractivity contribution >= 4 is 17.6 Å². The van der Waals surface area contributed by atoms with Gasteiger partial charge in [0.05, 0.1) is 18.7 Å². The third-order valence-electron chi connectivity index (χ3n) is 2.39. The molecule has 0 amide bonds. The number of carbonyl (C=O) groups excluding carboxylic acids is 1. The van der Waals surface area contributed by atoms with Crippen molar-refractivity contribution in [2.24, 2.45) is 0 Å². The Hall–Kier alpha value is -1.40. The molecule has 0 bridgehead atoms. The predicted molar refractivity (Wildman–Crippen MR) is 64.5 cm³/mol. The van der Waals surface area contributed by atoms with E-state index in [1.54, 1.807) is 0 Å².